The van der Waals surface area contributed by atoms with Crippen LogP contribution in [0.4, 0.5) is 17.5 Å². The third-order valence-corrected chi connectivity index (χ3v) is 4.11. The molecule has 2 N–H and O–H groups in total. The van der Waals surface area contributed by atoms with E-state index in [1.807, 2.05) is 6.07 Å². The molecule has 0 fully saturated rings. The summed E-state index contributed by atoms with van der Waals surface area (Å²) >= 11 is 0. The zero-order chi connectivity index (χ0) is 17.8. The van der Waals surface area contributed by atoms with Crippen molar-refractivity contribution in [2.24, 2.45) is 5.92 Å². The molecule has 0 amide bonds. The number of aromatic nitrogens is 4. The zero-order valence-electron chi connectivity index (χ0n) is 15.2. The van der Waals surface area contributed by atoms with E-state index in [4.69, 9.17) is 0 Å². The quantitative estimate of drug-likeness (QED) is 0.701. The SMILES string of the molecule is Cc1ccc(Nc2nc(NCCC(C)C)nc3nccnc23)cc1C. The first-order valence-corrected chi connectivity index (χ1v) is 8.60. The minimum atomic E-state index is 0.569. The fourth-order valence-electron chi connectivity index (χ4n) is 2.46. The first-order valence-electron chi connectivity index (χ1n) is 8.60. The Hall–Kier alpha value is -2.76. The normalized spacial score (nSPS) is 11.1. The summed E-state index contributed by atoms with van der Waals surface area (Å²) in [6.45, 7) is 9.41. The molecule has 0 saturated heterocycles. The Kier molecular flexibility index (Phi) is 5.07. The number of aryl methyl sites for hydroxylation is 2. The van der Waals surface area contributed by atoms with Gasteiger partial charge in [0.05, 0.1) is 0 Å². The summed E-state index contributed by atoms with van der Waals surface area (Å²) < 4.78 is 0. The maximum atomic E-state index is 4.61. The molecule has 0 unspecified atom stereocenters. The fraction of sp³-hybridized carbons (Fsp3) is 0.368. The number of benzene rings is 1. The molecule has 0 spiro atoms. The highest BCUT2D eigenvalue weighted by Gasteiger charge is 2.10. The minimum Gasteiger partial charge on any atom is -0.354 e. The second-order valence-electron chi connectivity index (χ2n) is 6.66. The number of hydrogen-bond donors (Lipinski definition) is 2. The van der Waals surface area contributed by atoms with E-state index in [9.17, 15) is 0 Å². The van der Waals surface area contributed by atoms with Crippen molar-refractivity contribution >= 4 is 28.6 Å². The topological polar surface area (TPSA) is 75.6 Å². The van der Waals surface area contributed by atoms with E-state index in [0.29, 0.717) is 28.8 Å². The molecule has 0 radical (unpaired) electrons. The molecule has 3 rings (SSSR count). The zero-order valence-corrected chi connectivity index (χ0v) is 15.2. The van der Waals surface area contributed by atoms with Gasteiger partial charge in [0.15, 0.2) is 17.0 Å². The Bertz CT molecular complexity index is 875. The van der Waals surface area contributed by atoms with Crippen LogP contribution in [0.3, 0.4) is 0 Å². The summed E-state index contributed by atoms with van der Waals surface area (Å²) in [5, 5.41) is 6.65. The van der Waals surface area contributed by atoms with Crippen molar-refractivity contribution in [2.45, 2.75) is 34.1 Å². The number of nitrogens with zero attached hydrogens (tertiary/aromatic N) is 4. The highest BCUT2D eigenvalue weighted by atomic mass is 15.2. The Morgan fingerprint density at radius 2 is 1.80 bits per heavy atom. The van der Waals surface area contributed by atoms with Gasteiger partial charge < -0.3 is 10.6 Å². The summed E-state index contributed by atoms with van der Waals surface area (Å²) in [5.74, 6) is 1.86. The predicted molar refractivity (Wildman–Crippen MR) is 102 cm³/mol. The number of anilines is 3. The molecule has 0 aliphatic carbocycles. The molecular formula is C19H24N6. The molecule has 130 valence electrons. The van der Waals surface area contributed by atoms with Gasteiger partial charge in [-0.15, -0.1) is 0 Å². The van der Waals surface area contributed by atoms with Gasteiger partial charge in [0.1, 0.15) is 0 Å². The summed E-state index contributed by atoms with van der Waals surface area (Å²) in [6.07, 6.45) is 4.36. The van der Waals surface area contributed by atoms with Crippen LogP contribution in [0.5, 0.6) is 0 Å². The van der Waals surface area contributed by atoms with E-state index in [1.54, 1.807) is 12.4 Å². The van der Waals surface area contributed by atoms with Crippen molar-refractivity contribution in [3.05, 3.63) is 41.7 Å². The van der Waals surface area contributed by atoms with Crippen LogP contribution < -0.4 is 10.6 Å². The van der Waals surface area contributed by atoms with Gasteiger partial charge in [0.2, 0.25) is 5.95 Å². The Balaban J connectivity index is 1.92. The summed E-state index contributed by atoms with van der Waals surface area (Å²) in [4.78, 5) is 17.8. The van der Waals surface area contributed by atoms with Crippen LogP contribution in [-0.4, -0.2) is 26.5 Å². The van der Waals surface area contributed by atoms with E-state index in [-0.39, 0.29) is 0 Å². The molecule has 0 saturated carbocycles. The Labute approximate surface area is 148 Å². The number of nitrogens with one attached hydrogen (secondary N) is 2. The van der Waals surface area contributed by atoms with Gasteiger partial charge in [-0.25, -0.2) is 9.97 Å². The minimum absolute atomic E-state index is 0.569. The van der Waals surface area contributed by atoms with Gasteiger partial charge in [0.25, 0.3) is 0 Å². The number of rotatable bonds is 6. The largest absolute Gasteiger partial charge is 0.354 e. The lowest BCUT2D eigenvalue weighted by atomic mass is 10.1. The van der Waals surface area contributed by atoms with Gasteiger partial charge in [-0.05, 0) is 49.4 Å². The maximum absolute atomic E-state index is 4.61. The van der Waals surface area contributed by atoms with E-state index < -0.39 is 0 Å². The van der Waals surface area contributed by atoms with Crippen LogP contribution in [0.1, 0.15) is 31.4 Å². The molecule has 2 aromatic heterocycles. The van der Waals surface area contributed by atoms with Crippen LogP contribution in [-0.2, 0) is 0 Å². The van der Waals surface area contributed by atoms with Gasteiger partial charge >= 0.3 is 0 Å². The first kappa shape index (κ1) is 17.1. The van der Waals surface area contributed by atoms with Crippen molar-refractivity contribution in [1.29, 1.82) is 0 Å². The monoisotopic (exact) mass is 336 g/mol. The predicted octanol–water partition coefficient (Wildman–Crippen LogP) is 4.24. The average Bonchev–Trinajstić information content (AvgIpc) is 2.58. The smallest absolute Gasteiger partial charge is 0.226 e. The molecule has 2 heterocycles. The lowest BCUT2D eigenvalue weighted by molar-refractivity contribution is 0.606. The third kappa shape index (κ3) is 4.21. The van der Waals surface area contributed by atoms with Crippen molar-refractivity contribution < 1.29 is 0 Å². The van der Waals surface area contributed by atoms with Gasteiger partial charge in [-0.2, -0.15) is 9.97 Å². The highest BCUT2D eigenvalue weighted by molar-refractivity contribution is 5.85. The molecule has 0 bridgehead atoms. The molecular weight excluding hydrogens is 312 g/mol. The number of hydrogen-bond acceptors (Lipinski definition) is 6. The Morgan fingerprint density at radius 1 is 1.00 bits per heavy atom. The molecule has 6 heteroatoms. The fourth-order valence-corrected chi connectivity index (χ4v) is 2.46. The molecule has 0 aliphatic rings. The molecule has 1 aromatic carbocycles. The number of fused-ring (bicyclic) bond motifs is 1. The van der Waals surface area contributed by atoms with Crippen molar-refractivity contribution in [3.63, 3.8) is 0 Å². The van der Waals surface area contributed by atoms with Gasteiger partial charge in [0, 0.05) is 24.6 Å². The molecule has 25 heavy (non-hydrogen) atoms. The van der Waals surface area contributed by atoms with Gasteiger partial charge in [-0.3, -0.25) is 0 Å². The third-order valence-electron chi connectivity index (χ3n) is 4.11. The van der Waals surface area contributed by atoms with E-state index in [0.717, 1.165) is 18.7 Å². The summed E-state index contributed by atoms with van der Waals surface area (Å²) in [7, 11) is 0. The van der Waals surface area contributed by atoms with Crippen molar-refractivity contribution in [3.8, 4) is 0 Å². The molecule has 6 nitrogen and oxygen atoms in total. The van der Waals surface area contributed by atoms with Crippen LogP contribution in [0.2, 0.25) is 0 Å². The highest BCUT2D eigenvalue weighted by Crippen LogP contribution is 2.23. The van der Waals surface area contributed by atoms with E-state index >= 15 is 0 Å². The molecule has 3 aromatic rings. The Morgan fingerprint density at radius 3 is 2.56 bits per heavy atom. The van der Waals surface area contributed by atoms with Crippen LogP contribution in [0.25, 0.3) is 11.2 Å². The van der Waals surface area contributed by atoms with E-state index in [2.05, 4.69) is 70.4 Å². The summed E-state index contributed by atoms with van der Waals surface area (Å²) in [6, 6.07) is 6.23. The second-order valence-corrected chi connectivity index (χ2v) is 6.66. The lowest BCUT2D eigenvalue weighted by Crippen LogP contribution is -2.10. The summed E-state index contributed by atoms with van der Waals surface area (Å²) in [5.41, 5.74) is 4.70. The van der Waals surface area contributed by atoms with Crippen LogP contribution >= 0.6 is 0 Å². The standard InChI is InChI=1S/C19H24N6/c1-12(2)7-8-22-19-24-17-16(20-9-10-21-17)18(25-19)23-15-6-5-13(3)14(4)11-15/h5-6,9-12H,7-8H2,1-4H3,(H2,21,22,23,24,25). The molecule has 0 aliphatic heterocycles. The average molecular weight is 336 g/mol. The van der Waals surface area contributed by atoms with Gasteiger partial charge in [-0.1, -0.05) is 19.9 Å². The van der Waals surface area contributed by atoms with Crippen molar-refractivity contribution in [2.75, 3.05) is 17.2 Å². The van der Waals surface area contributed by atoms with Crippen LogP contribution in [0, 0.1) is 19.8 Å². The lowest BCUT2D eigenvalue weighted by Gasteiger charge is -2.12. The van der Waals surface area contributed by atoms with Crippen LogP contribution in [0.15, 0.2) is 30.6 Å². The van der Waals surface area contributed by atoms with E-state index in [1.165, 1.54) is 11.1 Å². The molecule has 0 atom stereocenters. The second kappa shape index (κ2) is 7.42. The van der Waals surface area contributed by atoms with Crippen molar-refractivity contribution in [1.82, 2.24) is 19.9 Å². The first-order chi connectivity index (χ1) is 12.0. The maximum Gasteiger partial charge on any atom is 0.226 e.